The molecule has 1 unspecified atom stereocenters. The average Bonchev–Trinajstić information content (AvgIpc) is 2.99. The van der Waals surface area contributed by atoms with Crippen LogP contribution in [0.25, 0.3) is 0 Å². The highest BCUT2D eigenvalue weighted by Gasteiger charge is 2.19. The molecule has 0 heterocycles. The smallest absolute Gasteiger partial charge is 0.397 e. The Morgan fingerprint density at radius 2 is 1.42 bits per heavy atom. The third-order valence-electron chi connectivity index (χ3n) is 5.32. The van der Waals surface area contributed by atoms with Crippen LogP contribution in [-0.4, -0.2) is 68.5 Å². The summed E-state index contributed by atoms with van der Waals surface area (Å²) in [4.78, 5) is 4.06. The lowest BCUT2D eigenvalue weighted by molar-refractivity contribution is -0.435. The summed E-state index contributed by atoms with van der Waals surface area (Å²) in [7, 11) is -13.6. The molecule has 0 aliphatic carbocycles. The number of anilines is 2. The monoisotopic (exact) mass is 772 g/mol. The maximum atomic E-state index is 12.3. The number of azo groups is 2. The summed E-state index contributed by atoms with van der Waals surface area (Å²) in [6.07, 6.45) is 0. The first-order valence-corrected chi connectivity index (χ1v) is 18.8. The van der Waals surface area contributed by atoms with E-state index in [1.165, 1.54) is 48.5 Å². The Bertz CT molecular complexity index is 2010. The van der Waals surface area contributed by atoms with E-state index < -0.39 is 58.7 Å². The molecule has 0 saturated carbocycles. The van der Waals surface area contributed by atoms with Gasteiger partial charge in [0.2, 0.25) is 0 Å². The third kappa shape index (κ3) is 12.5. The highest BCUT2D eigenvalue weighted by Crippen LogP contribution is 2.37. The van der Waals surface area contributed by atoms with Gasteiger partial charge in [0, 0.05) is 4.90 Å². The van der Waals surface area contributed by atoms with E-state index in [-0.39, 0.29) is 56.3 Å². The molecule has 7 N–H and O–H groups in total. The van der Waals surface area contributed by atoms with Crippen molar-refractivity contribution in [3.05, 3.63) is 54.6 Å². The van der Waals surface area contributed by atoms with Gasteiger partial charge < -0.3 is 11.5 Å². The molecule has 0 fully saturated rings. The van der Waals surface area contributed by atoms with Crippen molar-refractivity contribution in [1.82, 2.24) is 0 Å². The van der Waals surface area contributed by atoms with E-state index in [0.717, 1.165) is 6.07 Å². The van der Waals surface area contributed by atoms with Crippen molar-refractivity contribution in [3.8, 4) is 0 Å². The zero-order valence-corrected chi connectivity index (χ0v) is 27.8. The molecule has 0 saturated heterocycles. The highest BCUT2D eigenvalue weighted by atomic mass is 32.3. The quantitative estimate of drug-likeness (QED) is 0.0235. The number of rotatable bonds is 18. The molecule has 48 heavy (non-hydrogen) atoms. The molecule has 3 rings (SSSR count). The Morgan fingerprint density at radius 3 is 2.02 bits per heavy atom. The predicted octanol–water partition coefficient (Wildman–Crippen LogP) is 3.56. The molecule has 0 aliphatic heterocycles. The van der Waals surface area contributed by atoms with E-state index in [2.05, 4.69) is 34.0 Å². The summed E-state index contributed by atoms with van der Waals surface area (Å²) < 4.78 is 112. The molecule has 0 amide bonds. The fraction of sp³-hybridized carbons (Fsp3) is 0.182. The largest absolute Gasteiger partial charge is 0.397 e. The summed E-state index contributed by atoms with van der Waals surface area (Å²) in [5.74, 6) is -0.966. The Kier molecular flexibility index (Phi) is 14.0. The van der Waals surface area contributed by atoms with Crippen LogP contribution >= 0.6 is 12.0 Å². The second-order valence-electron chi connectivity index (χ2n) is 8.66. The number of nitrogens with two attached hydrogens (primary N) is 2. The van der Waals surface area contributed by atoms with Gasteiger partial charge in [-0.25, -0.2) is 27.0 Å². The molecule has 0 bridgehead atoms. The lowest BCUT2D eigenvalue weighted by Gasteiger charge is -2.07. The fourth-order valence-electron chi connectivity index (χ4n) is 3.19. The van der Waals surface area contributed by atoms with Crippen molar-refractivity contribution in [2.24, 2.45) is 20.5 Å². The summed E-state index contributed by atoms with van der Waals surface area (Å²) in [5, 5.41) is 27.1. The van der Waals surface area contributed by atoms with Crippen LogP contribution in [0.5, 0.6) is 0 Å². The van der Waals surface area contributed by atoms with Crippen LogP contribution < -0.4 is 11.5 Å². The summed E-state index contributed by atoms with van der Waals surface area (Å²) in [6, 6.07) is 11.1. The van der Waals surface area contributed by atoms with Gasteiger partial charge in [0.25, 0.3) is 10.1 Å². The van der Waals surface area contributed by atoms with E-state index in [1.807, 2.05) is 0 Å². The Morgan fingerprint density at radius 1 is 0.792 bits per heavy atom. The maximum Gasteiger partial charge on any atom is 0.397 e. The Labute approximate surface area is 279 Å². The summed E-state index contributed by atoms with van der Waals surface area (Å²) in [6.45, 7) is -1.06. The molecule has 3 aromatic carbocycles. The number of sulfone groups is 1. The molecule has 1 atom stereocenters. The minimum Gasteiger partial charge on any atom is -0.397 e. The van der Waals surface area contributed by atoms with Gasteiger partial charge in [-0.05, 0) is 54.6 Å². The predicted molar refractivity (Wildman–Crippen MR) is 167 cm³/mol. The van der Waals surface area contributed by atoms with Crippen LogP contribution in [0, 0.1) is 0 Å². The molecule has 26 heteroatoms. The maximum absolute atomic E-state index is 12.3. The lowest BCUT2D eigenvalue weighted by atomic mass is 10.2. The van der Waals surface area contributed by atoms with Crippen molar-refractivity contribution in [2.75, 3.05) is 36.2 Å². The fourth-order valence-corrected chi connectivity index (χ4v) is 6.23. The summed E-state index contributed by atoms with van der Waals surface area (Å²) >= 11 is -1.47. The van der Waals surface area contributed by atoms with Crippen LogP contribution in [-0.2, 0) is 64.2 Å². The highest BCUT2D eigenvalue weighted by molar-refractivity contribution is 7.94. The molecule has 0 spiro atoms. The molecular formula is C22H24N6O15S5. The van der Waals surface area contributed by atoms with E-state index in [4.69, 9.17) is 30.5 Å². The lowest BCUT2D eigenvalue weighted by Crippen LogP contribution is -2.15. The van der Waals surface area contributed by atoms with Crippen LogP contribution in [0.2, 0.25) is 0 Å². The molecular weight excluding hydrogens is 749 g/mol. The van der Waals surface area contributed by atoms with E-state index in [9.17, 15) is 34.0 Å². The van der Waals surface area contributed by atoms with Gasteiger partial charge >= 0.3 is 10.4 Å². The van der Waals surface area contributed by atoms with E-state index in [0.29, 0.717) is 12.0 Å². The molecule has 262 valence electrons. The van der Waals surface area contributed by atoms with Gasteiger partial charge in [0.05, 0.1) is 58.7 Å². The third-order valence-corrected chi connectivity index (χ3v) is 9.69. The first kappa shape index (κ1) is 38.9. The Hall–Kier alpha value is -3.51. The molecule has 0 aliphatic rings. The number of nitrogen functional groups attached to an aromatic ring is 2. The minimum absolute atomic E-state index is 0.0175. The average molecular weight is 773 g/mol. The number of hydrogen-bond donors (Lipinski definition) is 5. The second kappa shape index (κ2) is 17.2. The standard InChI is InChI=1S/C22H24N6O15S5/c23-17-12-18(24)21(13-20(17)27-25-14-1-4-16(5-2-14)46(31,32)10-8-40-48(36,37)38)28-26-19-6-3-15(11-22(19)47(33,34)35)44-42-39-7-9-45(30)43-41-29/h1-6,11-13,29H,7-10,23-24H2,(H,33,34,35)(H,36,37,38). The topological polar surface area (TPSA) is 328 Å². The van der Waals surface area contributed by atoms with Crippen LogP contribution in [0.4, 0.5) is 34.1 Å². The Balaban J connectivity index is 1.74. The zero-order chi connectivity index (χ0) is 35.5. The molecule has 0 aromatic heterocycles. The van der Waals surface area contributed by atoms with Crippen molar-refractivity contribution < 1.29 is 66.6 Å². The first-order valence-electron chi connectivity index (χ1n) is 12.4. The molecule has 3 aromatic rings. The van der Waals surface area contributed by atoms with Gasteiger partial charge in [-0.2, -0.15) is 26.3 Å². The zero-order valence-electron chi connectivity index (χ0n) is 23.7. The van der Waals surface area contributed by atoms with Crippen molar-refractivity contribution >= 4 is 87.6 Å². The van der Waals surface area contributed by atoms with Crippen molar-refractivity contribution in [1.29, 1.82) is 0 Å². The number of benzene rings is 3. The SMILES string of the molecule is Nc1cc(N)c(N=Nc2ccc(SOOCCS(=O)OOO)cc2S(=O)(=O)O)cc1N=Nc1ccc(S(=O)(=O)CCOS(=O)(=O)O)cc1. The minimum atomic E-state index is -4.82. The summed E-state index contributed by atoms with van der Waals surface area (Å²) in [5.41, 5.74) is 12.0. The van der Waals surface area contributed by atoms with Gasteiger partial charge in [-0.1, -0.05) is 5.04 Å². The van der Waals surface area contributed by atoms with E-state index >= 15 is 0 Å². The van der Waals surface area contributed by atoms with Crippen LogP contribution in [0.1, 0.15) is 0 Å². The van der Waals surface area contributed by atoms with Crippen molar-refractivity contribution in [2.45, 2.75) is 14.7 Å². The number of hydrogen-bond acceptors (Lipinski definition) is 20. The van der Waals surface area contributed by atoms with Crippen LogP contribution in [0.3, 0.4) is 0 Å². The normalized spacial score (nSPS) is 13.4. The molecule has 0 radical (unpaired) electrons. The van der Waals surface area contributed by atoms with Gasteiger partial charge in [0.1, 0.15) is 22.0 Å². The van der Waals surface area contributed by atoms with Gasteiger partial charge in [0.15, 0.2) is 20.9 Å². The van der Waals surface area contributed by atoms with Crippen LogP contribution in [0.15, 0.2) is 89.7 Å². The molecule has 21 nitrogen and oxygen atoms in total. The van der Waals surface area contributed by atoms with Crippen molar-refractivity contribution in [3.63, 3.8) is 0 Å². The first-order chi connectivity index (χ1) is 22.5. The second-order valence-corrected chi connectivity index (χ2v) is 15.2. The van der Waals surface area contributed by atoms with E-state index in [1.54, 1.807) is 0 Å². The van der Waals surface area contributed by atoms with Gasteiger partial charge in [-0.3, -0.25) is 9.11 Å². The number of nitrogens with zero attached hydrogens (tertiary/aromatic N) is 4. The van der Waals surface area contributed by atoms with Gasteiger partial charge in [-0.15, -0.1) is 19.7 Å².